The number of esters is 4. The lowest BCUT2D eigenvalue weighted by Crippen LogP contribution is -2.48. The molecule has 1 fully saturated rings. The fourth-order valence-electron chi connectivity index (χ4n) is 2.90. The van der Waals surface area contributed by atoms with E-state index < -0.39 is 84.3 Å². The van der Waals surface area contributed by atoms with Crippen molar-refractivity contribution >= 4 is 30.0 Å². The van der Waals surface area contributed by atoms with Crippen LogP contribution in [0.4, 0.5) is 4.79 Å². The van der Waals surface area contributed by atoms with Crippen molar-refractivity contribution in [2.45, 2.75) is 98.2 Å². The van der Waals surface area contributed by atoms with Gasteiger partial charge in [-0.3, -0.25) is 14.4 Å². The van der Waals surface area contributed by atoms with E-state index in [-0.39, 0.29) is 0 Å². The monoisotopic (exact) mass is 487 g/mol. The first kappa shape index (κ1) is 29.2. The maximum atomic E-state index is 13.0. The van der Waals surface area contributed by atoms with Gasteiger partial charge in [-0.1, -0.05) is 13.8 Å². The zero-order chi connectivity index (χ0) is 26.4. The highest BCUT2D eigenvalue weighted by atomic mass is 16.6. The summed E-state index contributed by atoms with van der Waals surface area (Å²) in [6.07, 6.45) is -3.85. The summed E-state index contributed by atoms with van der Waals surface area (Å²) in [5.41, 5.74) is -1.64. The number of alkyl carbamates (subject to hydrolysis) is 1. The summed E-state index contributed by atoms with van der Waals surface area (Å²) in [4.78, 5) is 62.6. The van der Waals surface area contributed by atoms with Gasteiger partial charge in [0.15, 0.2) is 12.1 Å². The van der Waals surface area contributed by atoms with E-state index in [1.54, 1.807) is 55.4 Å². The lowest BCUT2D eigenvalue weighted by molar-refractivity contribution is -0.180. The Hall–Kier alpha value is -2.85. The first-order valence-electron chi connectivity index (χ1n) is 11.2. The van der Waals surface area contributed by atoms with Crippen molar-refractivity contribution in [2.75, 3.05) is 6.61 Å². The lowest BCUT2D eigenvalue weighted by atomic mass is 9.94. The molecule has 1 amide bonds. The van der Waals surface area contributed by atoms with Gasteiger partial charge >= 0.3 is 30.0 Å². The maximum absolute atomic E-state index is 13.0. The van der Waals surface area contributed by atoms with Crippen LogP contribution in [0.15, 0.2) is 0 Å². The highest BCUT2D eigenvalue weighted by molar-refractivity contribution is 5.84. The van der Waals surface area contributed by atoms with Crippen LogP contribution in [0.2, 0.25) is 0 Å². The molecule has 4 unspecified atom stereocenters. The van der Waals surface area contributed by atoms with E-state index in [1.807, 2.05) is 0 Å². The third kappa shape index (κ3) is 9.96. The average Bonchev–Trinajstić information content (AvgIpc) is 2.66. The summed E-state index contributed by atoms with van der Waals surface area (Å²) in [6.45, 7) is 14.0. The molecule has 0 radical (unpaired) electrons. The van der Waals surface area contributed by atoms with E-state index >= 15 is 0 Å². The molecule has 0 aromatic carbocycles. The molecule has 11 heteroatoms. The molecule has 4 atom stereocenters. The molecule has 1 N–H and O–H groups in total. The molecule has 194 valence electrons. The molecule has 1 aliphatic rings. The second-order valence-electron chi connectivity index (χ2n) is 10.4. The molecule has 1 rings (SSSR count). The molecule has 1 saturated heterocycles. The molecular weight excluding hydrogens is 450 g/mol. The number of cyclic esters (lactones) is 2. The van der Waals surface area contributed by atoms with Crippen LogP contribution in [0.1, 0.15) is 68.7 Å². The number of nitrogens with one attached hydrogen (secondary N) is 1. The van der Waals surface area contributed by atoms with Crippen LogP contribution >= 0.6 is 0 Å². The standard InChI is InChI=1S/C23H37NO10/c1-12(2)18(26)32-17-13(3)31-20(28)15(24-21(29)34-23(7,8)9)11-30-19(27)14(17)10-16(25)33-22(4,5)6/h12-15,17H,10-11H2,1-9H3,(H,24,29). The first-order valence-corrected chi connectivity index (χ1v) is 11.2. The molecular formula is C23H37NO10. The van der Waals surface area contributed by atoms with E-state index in [9.17, 15) is 24.0 Å². The molecule has 0 aliphatic carbocycles. The van der Waals surface area contributed by atoms with Crippen LogP contribution in [0.25, 0.3) is 0 Å². The van der Waals surface area contributed by atoms with Gasteiger partial charge in [0, 0.05) is 0 Å². The van der Waals surface area contributed by atoms with Crippen LogP contribution in [0.5, 0.6) is 0 Å². The van der Waals surface area contributed by atoms with Crippen molar-refractivity contribution in [3.8, 4) is 0 Å². The Morgan fingerprint density at radius 3 is 2.06 bits per heavy atom. The summed E-state index contributed by atoms with van der Waals surface area (Å²) in [5, 5.41) is 2.31. The molecule has 0 bridgehead atoms. The van der Waals surface area contributed by atoms with Crippen LogP contribution in [0.3, 0.4) is 0 Å². The minimum absolute atomic E-state index is 0.474. The summed E-state index contributed by atoms with van der Waals surface area (Å²) in [6, 6.07) is -1.37. The Kier molecular flexibility index (Phi) is 9.89. The Morgan fingerprint density at radius 2 is 1.56 bits per heavy atom. The Morgan fingerprint density at radius 1 is 1.00 bits per heavy atom. The van der Waals surface area contributed by atoms with Crippen molar-refractivity contribution in [1.29, 1.82) is 0 Å². The highest BCUT2D eigenvalue weighted by Gasteiger charge is 2.44. The normalized spacial score (nSPS) is 24.1. The molecule has 0 aromatic heterocycles. The second kappa shape index (κ2) is 11.5. The van der Waals surface area contributed by atoms with E-state index in [4.69, 9.17) is 23.7 Å². The minimum atomic E-state index is -1.37. The van der Waals surface area contributed by atoms with Gasteiger partial charge in [0.1, 0.15) is 29.8 Å². The minimum Gasteiger partial charge on any atom is -0.463 e. The zero-order valence-electron chi connectivity index (χ0n) is 21.4. The van der Waals surface area contributed by atoms with Gasteiger partial charge in [0.2, 0.25) is 0 Å². The van der Waals surface area contributed by atoms with Crippen LogP contribution in [0, 0.1) is 11.8 Å². The lowest BCUT2D eigenvalue weighted by Gasteiger charge is -2.30. The molecule has 1 aliphatic heterocycles. The summed E-state index contributed by atoms with van der Waals surface area (Å²) < 4.78 is 26.5. The molecule has 0 aromatic rings. The van der Waals surface area contributed by atoms with Crippen molar-refractivity contribution < 1.29 is 47.7 Å². The quantitative estimate of drug-likeness (QED) is 0.453. The third-order valence-electron chi connectivity index (χ3n) is 4.36. The fraction of sp³-hybridized carbons (Fsp3) is 0.783. The predicted octanol–water partition coefficient (Wildman–Crippen LogP) is 2.28. The average molecular weight is 488 g/mol. The van der Waals surface area contributed by atoms with Crippen LogP contribution in [-0.2, 0) is 42.9 Å². The van der Waals surface area contributed by atoms with Gasteiger partial charge in [-0.05, 0) is 48.5 Å². The zero-order valence-corrected chi connectivity index (χ0v) is 21.4. The number of ether oxygens (including phenoxy) is 5. The number of carbonyl (C=O) groups excluding carboxylic acids is 5. The summed E-state index contributed by atoms with van der Waals surface area (Å²) in [7, 11) is 0. The Bertz CT molecular complexity index is 778. The van der Waals surface area contributed by atoms with Crippen molar-refractivity contribution in [1.82, 2.24) is 5.32 Å². The SMILES string of the molecule is CC(C)C(=O)OC1C(C)OC(=O)C(NC(=O)OC(C)(C)C)COC(=O)C1CC(=O)OC(C)(C)C. The molecule has 0 spiro atoms. The third-order valence-corrected chi connectivity index (χ3v) is 4.36. The highest BCUT2D eigenvalue weighted by Crippen LogP contribution is 2.25. The van der Waals surface area contributed by atoms with Gasteiger partial charge in [-0.15, -0.1) is 0 Å². The van der Waals surface area contributed by atoms with Crippen LogP contribution < -0.4 is 5.32 Å². The van der Waals surface area contributed by atoms with Crippen molar-refractivity contribution in [3.05, 3.63) is 0 Å². The summed E-state index contributed by atoms with van der Waals surface area (Å²) >= 11 is 0. The fourth-order valence-corrected chi connectivity index (χ4v) is 2.90. The molecule has 0 saturated carbocycles. The predicted molar refractivity (Wildman–Crippen MR) is 118 cm³/mol. The largest absolute Gasteiger partial charge is 0.463 e. The number of rotatable bonds is 5. The van der Waals surface area contributed by atoms with Gasteiger partial charge in [0.25, 0.3) is 0 Å². The Labute approximate surface area is 200 Å². The number of carbonyl (C=O) groups is 5. The van der Waals surface area contributed by atoms with Crippen LogP contribution in [-0.4, -0.2) is 66.0 Å². The number of amides is 1. The van der Waals surface area contributed by atoms with Gasteiger partial charge in [-0.2, -0.15) is 0 Å². The number of hydrogen-bond donors (Lipinski definition) is 1. The molecule has 11 nitrogen and oxygen atoms in total. The van der Waals surface area contributed by atoms with Gasteiger partial charge in [0.05, 0.1) is 12.3 Å². The maximum Gasteiger partial charge on any atom is 0.408 e. The van der Waals surface area contributed by atoms with E-state index in [0.717, 1.165) is 0 Å². The van der Waals surface area contributed by atoms with Gasteiger partial charge < -0.3 is 29.0 Å². The first-order chi connectivity index (χ1) is 15.4. The van der Waals surface area contributed by atoms with E-state index in [2.05, 4.69) is 5.32 Å². The molecule has 1 heterocycles. The van der Waals surface area contributed by atoms with Gasteiger partial charge in [-0.25, -0.2) is 9.59 Å². The van der Waals surface area contributed by atoms with Crippen molar-refractivity contribution in [3.63, 3.8) is 0 Å². The molecule has 34 heavy (non-hydrogen) atoms. The topological polar surface area (TPSA) is 144 Å². The van der Waals surface area contributed by atoms with E-state index in [0.29, 0.717) is 0 Å². The van der Waals surface area contributed by atoms with E-state index in [1.165, 1.54) is 6.92 Å². The Balaban J connectivity index is 3.21. The van der Waals surface area contributed by atoms with Crippen molar-refractivity contribution in [2.24, 2.45) is 11.8 Å². The summed E-state index contributed by atoms with van der Waals surface area (Å²) in [5.74, 6) is -5.06. The number of hydrogen-bond acceptors (Lipinski definition) is 10. The second-order valence-corrected chi connectivity index (χ2v) is 10.4. The smallest absolute Gasteiger partial charge is 0.408 e.